The third kappa shape index (κ3) is 4.02. The van der Waals surface area contributed by atoms with Gasteiger partial charge in [0, 0.05) is 10.0 Å². The summed E-state index contributed by atoms with van der Waals surface area (Å²) >= 11 is 3.45. The van der Waals surface area contributed by atoms with E-state index >= 15 is 0 Å². The quantitative estimate of drug-likeness (QED) is 0.491. The summed E-state index contributed by atoms with van der Waals surface area (Å²) in [5, 5.41) is 4.66. The molecule has 0 saturated carbocycles. The maximum Gasteiger partial charge on any atom is 0.258 e. The normalized spacial score (nSPS) is 11.4. The lowest BCUT2D eigenvalue weighted by Crippen LogP contribution is -2.25. The number of hydrogen-bond donors (Lipinski definition) is 1. The minimum Gasteiger partial charge on any atom is -0.338 e. The first-order valence-electron chi connectivity index (χ1n) is 8.91. The molecule has 4 aromatic rings. The van der Waals surface area contributed by atoms with Gasteiger partial charge in [-0.15, -0.1) is 0 Å². The number of nitrogens with zero attached hydrogens (tertiary/aromatic N) is 4. The lowest BCUT2D eigenvalue weighted by molar-refractivity contribution is 0.224. The van der Waals surface area contributed by atoms with Crippen LogP contribution in [-0.4, -0.2) is 31.6 Å². The smallest absolute Gasteiger partial charge is 0.258 e. The molecule has 2 heterocycles. The zero-order valence-electron chi connectivity index (χ0n) is 15.2. The summed E-state index contributed by atoms with van der Waals surface area (Å²) in [7, 11) is 0. The van der Waals surface area contributed by atoms with Crippen LogP contribution in [-0.2, 0) is 13.1 Å². The van der Waals surface area contributed by atoms with E-state index < -0.39 is 0 Å². The van der Waals surface area contributed by atoms with Gasteiger partial charge in [-0.3, -0.25) is 9.69 Å². The topological polar surface area (TPSA) is 87.9 Å². The van der Waals surface area contributed by atoms with Crippen LogP contribution >= 0.6 is 15.9 Å². The SMILES string of the molecule is CCN(Cc1nc2ccccc2c(=O)[nH]1)Cc1nc(-c2cccc(Br)c2)no1. The molecule has 0 aliphatic carbocycles. The van der Waals surface area contributed by atoms with Crippen molar-refractivity contribution >= 4 is 26.8 Å². The van der Waals surface area contributed by atoms with E-state index in [9.17, 15) is 4.79 Å². The van der Waals surface area contributed by atoms with Gasteiger partial charge >= 0.3 is 0 Å². The molecule has 0 radical (unpaired) electrons. The molecule has 1 N–H and O–H groups in total. The Morgan fingerprint density at radius 3 is 2.79 bits per heavy atom. The van der Waals surface area contributed by atoms with Crippen LogP contribution in [0, 0.1) is 0 Å². The van der Waals surface area contributed by atoms with Gasteiger partial charge in [0.15, 0.2) is 0 Å². The summed E-state index contributed by atoms with van der Waals surface area (Å²) in [6.45, 7) is 3.72. The molecule has 0 saturated heterocycles. The standard InChI is InChI=1S/C20H18BrN5O2/c1-2-26(11-17-22-16-9-4-3-8-15(16)20(27)23-17)12-18-24-19(25-28-18)13-6-5-7-14(21)10-13/h3-10H,2,11-12H2,1H3,(H,22,23,27). The number of H-pyrrole nitrogens is 1. The third-order valence-electron chi connectivity index (χ3n) is 4.39. The Hall–Kier alpha value is -2.84. The van der Waals surface area contributed by atoms with Gasteiger partial charge in [-0.05, 0) is 30.8 Å². The second-order valence-corrected chi connectivity index (χ2v) is 7.27. The van der Waals surface area contributed by atoms with Crippen LogP contribution in [0.25, 0.3) is 22.3 Å². The molecule has 0 bridgehead atoms. The van der Waals surface area contributed by atoms with E-state index in [2.05, 4.69) is 40.9 Å². The van der Waals surface area contributed by atoms with Crippen molar-refractivity contribution in [2.75, 3.05) is 6.54 Å². The highest BCUT2D eigenvalue weighted by Crippen LogP contribution is 2.20. The number of benzene rings is 2. The Labute approximate surface area is 169 Å². The van der Waals surface area contributed by atoms with E-state index in [-0.39, 0.29) is 5.56 Å². The molecule has 2 aromatic carbocycles. The van der Waals surface area contributed by atoms with E-state index in [1.165, 1.54) is 0 Å². The lowest BCUT2D eigenvalue weighted by Gasteiger charge is -2.17. The van der Waals surface area contributed by atoms with Gasteiger partial charge in [0.2, 0.25) is 11.7 Å². The average molecular weight is 440 g/mol. The van der Waals surface area contributed by atoms with Crippen molar-refractivity contribution in [2.45, 2.75) is 20.0 Å². The molecule has 8 heteroatoms. The highest BCUT2D eigenvalue weighted by molar-refractivity contribution is 9.10. The molecule has 0 aliphatic heterocycles. The van der Waals surface area contributed by atoms with Gasteiger partial charge in [-0.25, -0.2) is 4.98 Å². The van der Waals surface area contributed by atoms with Crippen molar-refractivity contribution < 1.29 is 4.52 Å². The summed E-state index contributed by atoms with van der Waals surface area (Å²) in [5.41, 5.74) is 1.44. The maximum absolute atomic E-state index is 12.3. The minimum atomic E-state index is -0.133. The fourth-order valence-corrected chi connectivity index (χ4v) is 3.36. The van der Waals surface area contributed by atoms with Gasteiger partial charge < -0.3 is 9.51 Å². The zero-order chi connectivity index (χ0) is 19.5. The molecular weight excluding hydrogens is 422 g/mol. The largest absolute Gasteiger partial charge is 0.338 e. The molecule has 0 aliphatic rings. The molecule has 0 amide bonds. The van der Waals surface area contributed by atoms with Crippen LogP contribution in [0.1, 0.15) is 18.6 Å². The Balaban J connectivity index is 1.52. The van der Waals surface area contributed by atoms with Crippen molar-refractivity contribution in [3.05, 3.63) is 75.1 Å². The Kier molecular flexibility index (Phi) is 5.31. The van der Waals surface area contributed by atoms with Crippen molar-refractivity contribution in [1.82, 2.24) is 25.0 Å². The van der Waals surface area contributed by atoms with Crippen LogP contribution in [0.4, 0.5) is 0 Å². The number of hydrogen-bond acceptors (Lipinski definition) is 6. The Morgan fingerprint density at radius 1 is 1.11 bits per heavy atom. The van der Waals surface area contributed by atoms with E-state index in [0.717, 1.165) is 16.6 Å². The van der Waals surface area contributed by atoms with Gasteiger partial charge in [0.25, 0.3) is 5.56 Å². The molecule has 0 spiro atoms. The number of fused-ring (bicyclic) bond motifs is 1. The molecule has 0 fully saturated rings. The van der Waals surface area contributed by atoms with Crippen molar-refractivity contribution in [2.24, 2.45) is 0 Å². The molecule has 4 rings (SSSR count). The first kappa shape index (κ1) is 18.5. The fraction of sp³-hybridized carbons (Fsp3) is 0.200. The number of nitrogens with one attached hydrogen (secondary N) is 1. The monoisotopic (exact) mass is 439 g/mol. The summed E-state index contributed by atoms with van der Waals surface area (Å²) in [6.07, 6.45) is 0. The molecule has 2 aromatic heterocycles. The number of rotatable bonds is 6. The van der Waals surface area contributed by atoms with Crippen LogP contribution < -0.4 is 5.56 Å². The van der Waals surface area contributed by atoms with Gasteiger partial charge in [-0.2, -0.15) is 4.98 Å². The average Bonchev–Trinajstić information content (AvgIpc) is 3.16. The minimum absolute atomic E-state index is 0.133. The number of halogens is 1. The van der Waals surface area contributed by atoms with Gasteiger partial charge in [0.05, 0.1) is 24.0 Å². The zero-order valence-corrected chi connectivity index (χ0v) is 16.8. The Bertz CT molecular complexity index is 1170. The van der Waals surface area contributed by atoms with Gasteiger partial charge in [-0.1, -0.05) is 52.3 Å². The second-order valence-electron chi connectivity index (χ2n) is 6.36. The lowest BCUT2D eigenvalue weighted by atomic mass is 10.2. The first-order valence-corrected chi connectivity index (χ1v) is 9.70. The van der Waals surface area contributed by atoms with Crippen LogP contribution in [0.15, 0.2) is 62.3 Å². The predicted octanol–water partition coefficient (Wildman–Crippen LogP) is 3.76. The Morgan fingerprint density at radius 2 is 1.96 bits per heavy atom. The molecule has 0 atom stereocenters. The molecule has 0 unspecified atom stereocenters. The van der Waals surface area contributed by atoms with Crippen molar-refractivity contribution in [3.63, 3.8) is 0 Å². The van der Waals surface area contributed by atoms with Gasteiger partial charge in [0.1, 0.15) is 5.82 Å². The number of aromatic amines is 1. The van der Waals surface area contributed by atoms with E-state index in [1.54, 1.807) is 6.07 Å². The molecule has 28 heavy (non-hydrogen) atoms. The number of para-hydroxylation sites is 1. The van der Waals surface area contributed by atoms with Crippen LogP contribution in [0.3, 0.4) is 0 Å². The van der Waals surface area contributed by atoms with E-state index in [0.29, 0.717) is 41.5 Å². The fourth-order valence-electron chi connectivity index (χ4n) is 2.96. The summed E-state index contributed by atoms with van der Waals surface area (Å²) in [5.74, 6) is 1.67. The van der Waals surface area contributed by atoms with E-state index in [4.69, 9.17) is 4.52 Å². The summed E-state index contributed by atoms with van der Waals surface area (Å²) in [4.78, 5) is 26.2. The molecular formula is C20H18BrN5O2. The highest BCUT2D eigenvalue weighted by atomic mass is 79.9. The maximum atomic E-state index is 12.3. The van der Waals surface area contributed by atoms with Crippen molar-refractivity contribution in [1.29, 1.82) is 0 Å². The third-order valence-corrected chi connectivity index (χ3v) is 4.89. The first-order chi connectivity index (χ1) is 13.6. The summed E-state index contributed by atoms with van der Waals surface area (Å²) < 4.78 is 6.37. The highest BCUT2D eigenvalue weighted by Gasteiger charge is 2.14. The number of aromatic nitrogens is 4. The molecule has 7 nitrogen and oxygen atoms in total. The van der Waals surface area contributed by atoms with Crippen LogP contribution in [0.5, 0.6) is 0 Å². The van der Waals surface area contributed by atoms with Crippen molar-refractivity contribution in [3.8, 4) is 11.4 Å². The van der Waals surface area contributed by atoms with Crippen LogP contribution in [0.2, 0.25) is 0 Å². The molecule has 142 valence electrons. The summed E-state index contributed by atoms with van der Waals surface area (Å²) in [6, 6.07) is 15.1. The van der Waals surface area contributed by atoms with E-state index in [1.807, 2.05) is 49.4 Å². The predicted molar refractivity (Wildman–Crippen MR) is 110 cm³/mol. The second kappa shape index (κ2) is 8.04.